The number of anilines is 1. The highest BCUT2D eigenvalue weighted by molar-refractivity contribution is 8.00. The molecule has 0 atom stereocenters. The third-order valence-electron chi connectivity index (χ3n) is 3.30. The number of benzene rings is 2. The molecular formula is C17H22N2S2. The lowest BCUT2D eigenvalue weighted by Crippen LogP contribution is -2.09. The van der Waals surface area contributed by atoms with E-state index in [1.807, 2.05) is 18.8 Å². The van der Waals surface area contributed by atoms with E-state index in [1.165, 1.54) is 21.7 Å². The van der Waals surface area contributed by atoms with Gasteiger partial charge in [0, 0.05) is 36.1 Å². The number of nitrogens with one attached hydrogen (secondary N) is 1. The maximum atomic E-state index is 3.17. The first kappa shape index (κ1) is 16.3. The molecule has 0 aliphatic heterocycles. The zero-order valence-electron chi connectivity index (χ0n) is 12.8. The van der Waals surface area contributed by atoms with Crippen molar-refractivity contribution in [3.05, 3.63) is 48.5 Å². The first-order valence-corrected chi connectivity index (χ1v) is 9.17. The van der Waals surface area contributed by atoms with Crippen molar-refractivity contribution in [2.24, 2.45) is 0 Å². The normalized spacial score (nSPS) is 10.6. The van der Waals surface area contributed by atoms with Gasteiger partial charge >= 0.3 is 0 Å². The highest BCUT2D eigenvalue weighted by atomic mass is 32.2. The highest BCUT2D eigenvalue weighted by Gasteiger charge is 2.08. The lowest BCUT2D eigenvalue weighted by Gasteiger charge is -2.19. The molecule has 0 bridgehead atoms. The van der Waals surface area contributed by atoms with Gasteiger partial charge in [0.2, 0.25) is 0 Å². The van der Waals surface area contributed by atoms with Gasteiger partial charge in [0.15, 0.2) is 0 Å². The van der Waals surface area contributed by atoms with Crippen molar-refractivity contribution < 1.29 is 0 Å². The van der Waals surface area contributed by atoms with Crippen LogP contribution in [0.2, 0.25) is 0 Å². The minimum atomic E-state index is 1.04. The summed E-state index contributed by atoms with van der Waals surface area (Å²) in [5.41, 5.74) is 3.80. The Morgan fingerprint density at radius 2 is 1.76 bits per heavy atom. The lowest BCUT2D eigenvalue weighted by molar-refractivity contribution is 0.872. The molecule has 0 saturated heterocycles. The second kappa shape index (κ2) is 8.37. The SMILES string of the molecule is CNCCSc1ccc(-c2ccccc2N(C)SC)cc1. The maximum Gasteiger partial charge on any atom is 0.0544 e. The first-order chi connectivity index (χ1) is 10.3. The summed E-state index contributed by atoms with van der Waals surface area (Å²) >= 11 is 3.61. The van der Waals surface area contributed by atoms with Gasteiger partial charge in [-0.2, -0.15) is 0 Å². The van der Waals surface area contributed by atoms with Gasteiger partial charge in [-0.15, -0.1) is 11.8 Å². The van der Waals surface area contributed by atoms with Gasteiger partial charge in [-0.1, -0.05) is 42.3 Å². The van der Waals surface area contributed by atoms with E-state index in [0.29, 0.717) is 0 Å². The Morgan fingerprint density at radius 3 is 2.43 bits per heavy atom. The molecule has 0 amide bonds. The molecule has 2 aromatic rings. The topological polar surface area (TPSA) is 15.3 Å². The Hall–Kier alpha value is -1.10. The van der Waals surface area contributed by atoms with Crippen molar-refractivity contribution in [2.75, 3.05) is 37.0 Å². The Labute approximate surface area is 136 Å². The molecule has 0 unspecified atom stereocenters. The predicted molar refractivity (Wildman–Crippen MR) is 98.4 cm³/mol. The summed E-state index contributed by atoms with van der Waals surface area (Å²) < 4.78 is 2.20. The summed E-state index contributed by atoms with van der Waals surface area (Å²) in [5.74, 6) is 1.10. The monoisotopic (exact) mass is 318 g/mol. The zero-order valence-corrected chi connectivity index (χ0v) is 14.4. The fourth-order valence-corrected chi connectivity index (χ4v) is 3.32. The first-order valence-electron chi connectivity index (χ1n) is 7.01. The van der Waals surface area contributed by atoms with E-state index in [1.54, 1.807) is 11.9 Å². The van der Waals surface area contributed by atoms with E-state index in [9.17, 15) is 0 Å². The van der Waals surface area contributed by atoms with Crippen LogP contribution in [0.15, 0.2) is 53.4 Å². The number of para-hydroxylation sites is 1. The van der Waals surface area contributed by atoms with E-state index >= 15 is 0 Å². The van der Waals surface area contributed by atoms with Crippen molar-refractivity contribution in [2.45, 2.75) is 4.90 Å². The van der Waals surface area contributed by atoms with Crippen LogP contribution in [-0.4, -0.2) is 32.6 Å². The van der Waals surface area contributed by atoms with Gasteiger partial charge in [0.25, 0.3) is 0 Å². The van der Waals surface area contributed by atoms with Crippen LogP contribution >= 0.6 is 23.7 Å². The smallest absolute Gasteiger partial charge is 0.0544 e. The second-order valence-corrected chi connectivity index (χ2v) is 6.75. The van der Waals surface area contributed by atoms with Gasteiger partial charge in [0.1, 0.15) is 0 Å². The second-order valence-electron chi connectivity index (χ2n) is 4.67. The van der Waals surface area contributed by atoms with Gasteiger partial charge in [-0.3, -0.25) is 0 Å². The molecule has 2 nitrogen and oxygen atoms in total. The van der Waals surface area contributed by atoms with Gasteiger partial charge < -0.3 is 9.62 Å². The van der Waals surface area contributed by atoms with E-state index in [2.05, 4.69) is 71.5 Å². The number of hydrogen-bond acceptors (Lipinski definition) is 4. The molecule has 4 heteroatoms. The predicted octanol–water partition coefficient (Wildman–Crippen LogP) is 4.38. The third kappa shape index (κ3) is 4.43. The van der Waals surface area contributed by atoms with E-state index in [0.717, 1.165) is 12.3 Å². The zero-order chi connectivity index (χ0) is 15.1. The molecule has 0 aromatic heterocycles. The highest BCUT2D eigenvalue weighted by Crippen LogP contribution is 2.33. The van der Waals surface area contributed by atoms with Crippen molar-refractivity contribution in [3.63, 3.8) is 0 Å². The molecule has 112 valence electrons. The van der Waals surface area contributed by atoms with Crippen molar-refractivity contribution >= 4 is 29.4 Å². The quantitative estimate of drug-likeness (QED) is 0.463. The van der Waals surface area contributed by atoms with Crippen LogP contribution in [0.1, 0.15) is 0 Å². The van der Waals surface area contributed by atoms with Crippen LogP contribution in [0.5, 0.6) is 0 Å². The number of hydrogen-bond donors (Lipinski definition) is 1. The average molecular weight is 319 g/mol. The molecule has 21 heavy (non-hydrogen) atoms. The molecule has 0 aliphatic rings. The van der Waals surface area contributed by atoms with E-state index in [4.69, 9.17) is 0 Å². The minimum absolute atomic E-state index is 1.04. The minimum Gasteiger partial charge on any atom is -0.319 e. The standard InChI is InChI=1S/C17H22N2S2/c1-18-12-13-21-15-10-8-14(9-11-15)16-6-4-5-7-17(16)19(2)20-3/h4-11,18H,12-13H2,1-3H3. The number of nitrogens with zero attached hydrogens (tertiary/aromatic N) is 1. The van der Waals surface area contributed by atoms with E-state index in [-0.39, 0.29) is 0 Å². The van der Waals surface area contributed by atoms with Crippen LogP contribution < -0.4 is 9.62 Å². The van der Waals surface area contributed by atoms with Crippen LogP contribution in [0.4, 0.5) is 5.69 Å². The molecule has 2 aromatic carbocycles. The fraction of sp³-hybridized carbons (Fsp3) is 0.294. The summed E-state index contributed by atoms with van der Waals surface area (Å²) in [6, 6.07) is 17.4. The molecular weight excluding hydrogens is 296 g/mol. The molecule has 0 radical (unpaired) electrons. The molecule has 1 N–H and O–H groups in total. The number of thioether (sulfide) groups is 1. The van der Waals surface area contributed by atoms with Gasteiger partial charge in [0.05, 0.1) is 5.69 Å². The third-order valence-corrected chi connectivity index (χ3v) is 5.06. The van der Waals surface area contributed by atoms with Crippen LogP contribution in [0.25, 0.3) is 11.1 Å². The van der Waals surface area contributed by atoms with Crippen molar-refractivity contribution in [3.8, 4) is 11.1 Å². The summed E-state index contributed by atoms with van der Waals surface area (Å²) in [7, 11) is 4.09. The lowest BCUT2D eigenvalue weighted by atomic mass is 10.0. The Balaban J connectivity index is 2.19. The Bertz CT molecular complexity index is 555. The molecule has 0 heterocycles. The molecule has 0 saturated carbocycles. The average Bonchev–Trinajstić information content (AvgIpc) is 2.55. The summed E-state index contributed by atoms with van der Waals surface area (Å²) in [6.45, 7) is 1.04. The van der Waals surface area contributed by atoms with Crippen LogP contribution in [0.3, 0.4) is 0 Å². The summed E-state index contributed by atoms with van der Waals surface area (Å²) in [6.07, 6.45) is 2.10. The summed E-state index contributed by atoms with van der Waals surface area (Å²) in [4.78, 5) is 1.32. The van der Waals surface area contributed by atoms with Crippen LogP contribution in [-0.2, 0) is 0 Å². The van der Waals surface area contributed by atoms with E-state index < -0.39 is 0 Å². The molecule has 0 fully saturated rings. The summed E-state index contributed by atoms with van der Waals surface area (Å²) in [5, 5.41) is 3.17. The van der Waals surface area contributed by atoms with Gasteiger partial charge in [-0.25, -0.2) is 0 Å². The van der Waals surface area contributed by atoms with Crippen molar-refractivity contribution in [1.29, 1.82) is 0 Å². The Morgan fingerprint density at radius 1 is 1.05 bits per heavy atom. The van der Waals surface area contributed by atoms with Crippen LogP contribution in [0, 0.1) is 0 Å². The van der Waals surface area contributed by atoms with Gasteiger partial charge in [-0.05, 0) is 30.8 Å². The molecule has 2 rings (SSSR count). The molecule has 0 aliphatic carbocycles. The van der Waals surface area contributed by atoms with Crippen molar-refractivity contribution in [1.82, 2.24) is 5.32 Å². The maximum absolute atomic E-state index is 3.17. The largest absolute Gasteiger partial charge is 0.319 e. The number of rotatable bonds is 7. The molecule has 0 spiro atoms. The Kier molecular flexibility index (Phi) is 6.49. The fourth-order valence-electron chi connectivity index (χ4n) is 2.09.